The number of rotatable bonds is 6. The molecule has 2 N–H and O–H groups in total. The molecule has 1 fully saturated rings. The Labute approximate surface area is 116 Å². The monoisotopic (exact) mass is 265 g/mol. The molecule has 2 atom stereocenters. The summed E-state index contributed by atoms with van der Waals surface area (Å²) in [6, 6.07) is 0. The zero-order valence-corrected chi connectivity index (χ0v) is 12.4. The molecule has 2 unspecified atom stereocenters. The van der Waals surface area contributed by atoms with Gasteiger partial charge in [0.1, 0.15) is 5.82 Å². The largest absolute Gasteiger partial charge is 0.339 e. The van der Waals surface area contributed by atoms with Crippen LogP contribution in [0, 0.1) is 11.8 Å². The van der Waals surface area contributed by atoms with Crippen molar-refractivity contribution in [1.82, 2.24) is 20.5 Å². The molecular weight excluding hydrogens is 238 g/mol. The Balaban J connectivity index is 1.94. The van der Waals surface area contributed by atoms with Crippen LogP contribution in [0.25, 0.3) is 0 Å². The molecule has 19 heavy (non-hydrogen) atoms. The number of hydrogen-bond donors (Lipinski definition) is 2. The SMILES string of the molecule is CCC(C)Cc1nc(N2CCCC(CNC)C2)n[nH]1. The van der Waals surface area contributed by atoms with Gasteiger partial charge in [0.2, 0.25) is 5.95 Å². The molecule has 108 valence electrons. The van der Waals surface area contributed by atoms with Gasteiger partial charge in [-0.1, -0.05) is 20.3 Å². The summed E-state index contributed by atoms with van der Waals surface area (Å²) in [7, 11) is 2.02. The number of aromatic amines is 1. The fraction of sp³-hybridized carbons (Fsp3) is 0.857. The highest BCUT2D eigenvalue weighted by Gasteiger charge is 2.22. The maximum absolute atomic E-state index is 4.66. The van der Waals surface area contributed by atoms with E-state index in [1.165, 1.54) is 19.3 Å². The van der Waals surface area contributed by atoms with E-state index in [-0.39, 0.29) is 0 Å². The van der Waals surface area contributed by atoms with Crippen molar-refractivity contribution in [3.05, 3.63) is 5.82 Å². The first-order valence-electron chi connectivity index (χ1n) is 7.53. The molecule has 5 nitrogen and oxygen atoms in total. The van der Waals surface area contributed by atoms with Crippen LogP contribution in [0.5, 0.6) is 0 Å². The topological polar surface area (TPSA) is 56.8 Å². The summed E-state index contributed by atoms with van der Waals surface area (Å²) in [5.41, 5.74) is 0. The molecule has 1 aromatic heterocycles. The Kier molecular flexibility index (Phi) is 5.19. The lowest BCUT2D eigenvalue weighted by atomic mass is 9.98. The normalized spacial score (nSPS) is 21.6. The van der Waals surface area contributed by atoms with Gasteiger partial charge in [0.15, 0.2) is 0 Å². The number of H-pyrrole nitrogens is 1. The molecular formula is C14H27N5. The third kappa shape index (κ3) is 3.93. The minimum atomic E-state index is 0.666. The Morgan fingerprint density at radius 1 is 1.53 bits per heavy atom. The highest BCUT2D eigenvalue weighted by Crippen LogP contribution is 2.20. The van der Waals surface area contributed by atoms with Crippen LogP contribution >= 0.6 is 0 Å². The molecule has 5 heteroatoms. The van der Waals surface area contributed by atoms with Crippen molar-refractivity contribution in [1.29, 1.82) is 0 Å². The van der Waals surface area contributed by atoms with Crippen LogP contribution in [-0.2, 0) is 6.42 Å². The first-order valence-corrected chi connectivity index (χ1v) is 7.53. The zero-order chi connectivity index (χ0) is 13.7. The first kappa shape index (κ1) is 14.3. The van der Waals surface area contributed by atoms with Crippen LogP contribution in [-0.4, -0.2) is 41.9 Å². The number of aromatic nitrogens is 3. The fourth-order valence-corrected chi connectivity index (χ4v) is 2.69. The third-order valence-corrected chi connectivity index (χ3v) is 4.05. The number of anilines is 1. The molecule has 1 saturated heterocycles. The van der Waals surface area contributed by atoms with E-state index in [0.717, 1.165) is 43.7 Å². The standard InChI is InChI=1S/C14H27N5/c1-4-11(2)8-13-16-14(18-17-13)19-7-5-6-12(10-19)9-15-3/h11-12,15H,4-10H2,1-3H3,(H,16,17,18). The molecule has 0 spiro atoms. The molecule has 2 heterocycles. The van der Waals surface area contributed by atoms with E-state index in [4.69, 9.17) is 0 Å². The van der Waals surface area contributed by atoms with Crippen molar-refractivity contribution in [3.8, 4) is 0 Å². The molecule has 1 aromatic rings. The van der Waals surface area contributed by atoms with E-state index in [0.29, 0.717) is 5.92 Å². The summed E-state index contributed by atoms with van der Waals surface area (Å²) in [5, 5.41) is 10.8. The van der Waals surface area contributed by atoms with Crippen molar-refractivity contribution >= 4 is 5.95 Å². The Morgan fingerprint density at radius 3 is 3.11 bits per heavy atom. The van der Waals surface area contributed by atoms with Crippen LogP contribution in [0.15, 0.2) is 0 Å². The van der Waals surface area contributed by atoms with E-state index in [9.17, 15) is 0 Å². The van der Waals surface area contributed by atoms with Crippen molar-refractivity contribution in [3.63, 3.8) is 0 Å². The van der Waals surface area contributed by atoms with Gasteiger partial charge in [-0.05, 0) is 38.3 Å². The number of nitrogens with zero attached hydrogens (tertiary/aromatic N) is 3. The molecule has 0 amide bonds. The van der Waals surface area contributed by atoms with Crippen LogP contribution in [0.4, 0.5) is 5.95 Å². The molecule has 0 aliphatic carbocycles. The average Bonchev–Trinajstić information content (AvgIpc) is 2.88. The minimum Gasteiger partial charge on any atom is -0.339 e. The predicted octanol–water partition coefficient (Wildman–Crippen LogP) is 1.83. The van der Waals surface area contributed by atoms with Gasteiger partial charge in [-0.15, -0.1) is 5.10 Å². The van der Waals surface area contributed by atoms with Crippen LogP contribution in [0.1, 0.15) is 38.9 Å². The zero-order valence-electron chi connectivity index (χ0n) is 12.4. The highest BCUT2D eigenvalue weighted by atomic mass is 15.4. The van der Waals surface area contributed by atoms with Gasteiger partial charge in [-0.3, -0.25) is 5.10 Å². The average molecular weight is 265 g/mol. The third-order valence-electron chi connectivity index (χ3n) is 4.05. The van der Waals surface area contributed by atoms with E-state index in [2.05, 4.69) is 39.2 Å². The molecule has 0 aromatic carbocycles. The second kappa shape index (κ2) is 6.89. The van der Waals surface area contributed by atoms with Crippen molar-refractivity contribution in [2.24, 2.45) is 11.8 Å². The summed E-state index contributed by atoms with van der Waals surface area (Å²) in [6.07, 6.45) is 4.73. The maximum atomic E-state index is 4.66. The summed E-state index contributed by atoms with van der Waals surface area (Å²) < 4.78 is 0. The first-order chi connectivity index (χ1) is 9.22. The Morgan fingerprint density at radius 2 is 2.37 bits per heavy atom. The lowest BCUT2D eigenvalue weighted by Gasteiger charge is -2.31. The minimum absolute atomic E-state index is 0.666. The number of piperidine rings is 1. The van der Waals surface area contributed by atoms with Gasteiger partial charge < -0.3 is 10.2 Å². The van der Waals surface area contributed by atoms with Gasteiger partial charge in [-0.2, -0.15) is 4.98 Å². The molecule has 0 bridgehead atoms. The van der Waals surface area contributed by atoms with Crippen molar-refractivity contribution in [2.45, 2.75) is 39.5 Å². The van der Waals surface area contributed by atoms with Crippen LogP contribution in [0.2, 0.25) is 0 Å². The maximum Gasteiger partial charge on any atom is 0.244 e. The molecule has 1 aliphatic rings. The molecule has 0 saturated carbocycles. The van der Waals surface area contributed by atoms with E-state index < -0.39 is 0 Å². The lowest BCUT2D eigenvalue weighted by Crippen LogP contribution is -2.39. The second-order valence-electron chi connectivity index (χ2n) is 5.81. The van der Waals surface area contributed by atoms with Crippen LogP contribution < -0.4 is 10.2 Å². The fourth-order valence-electron chi connectivity index (χ4n) is 2.69. The number of nitrogens with one attached hydrogen (secondary N) is 2. The predicted molar refractivity (Wildman–Crippen MR) is 78.4 cm³/mol. The highest BCUT2D eigenvalue weighted by molar-refractivity contribution is 5.29. The van der Waals surface area contributed by atoms with Gasteiger partial charge in [0.05, 0.1) is 0 Å². The summed E-state index contributed by atoms with van der Waals surface area (Å²) in [5.74, 6) is 3.30. The summed E-state index contributed by atoms with van der Waals surface area (Å²) in [6.45, 7) is 7.71. The summed E-state index contributed by atoms with van der Waals surface area (Å²) >= 11 is 0. The Bertz CT molecular complexity index is 374. The lowest BCUT2D eigenvalue weighted by molar-refractivity contribution is 0.399. The van der Waals surface area contributed by atoms with Crippen molar-refractivity contribution < 1.29 is 0 Å². The van der Waals surface area contributed by atoms with E-state index in [1.807, 2.05) is 7.05 Å². The number of hydrogen-bond acceptors (Lipinski definition) is 4. The molecule has 0 radical (unpaired) electrons. The smallest absolute Gasteiger partial charge is 0.244 e. The van der Waals surface area contributed by atoms with Crippen LogP contribution in [0.3, 0.4) is 0 Å². The van der Waals surface area contributed by atoms with Crippen molar-refractivity contribution in [2.75, 3.05) is 31.6 Å². The molecule has 1 aliphatic heterocycles. The molecule has 2 rings (SSSR count). The van der Waals surface area contributed by atoms with Gasteiger partial charge in [0, 0.05) is 19.5 Å². The van der Waals surface area contributed by atoms with E-state index >= 15 is 0 Å². The van der Waals surface area contributed by atoms with Gasteiger partial charge in [0.25, 0.3) is 0 Å². The van der Waals surface area contributed by atoms with Gasteiger partial charge in [-0.25, -0.2) is 0 Å². The summed E-state index contributed by atoms with van der Waals surface area (Å²) in [4.78, 5) is 6.98. The quantitative estimate of drug-likeness (QED) is 0.824. The Hall–Kier alpha value is -1.10. The second-order valence-corrected chi connectivity index (χ2v) is 5.81. The van der Waals surface area contributed by atoms with E-state index in [1.54, 1.807) is 0 Å². The van der Waals surface area contributed by atoms with Gasteiger partial charge >= 0.3 is 0 Å².